The summed E-state index contributed by atoms with van der Waals surface area (Å²) in [6.45, 7) is 7.75. The standard InChI is InChI=1S/C18H24N4/c1-13-8-20-18(22(13)10-15-4-3-7-19-9-15)17-11-21(12-17)14(2)16-5-6-16/h3-4,7-9,14,16-17H,5-6,10-12H2,1-2H3. The number of nitrogens with zero attached hydrogens (tertiary/aromatic N) is 4. The van der Waals surface area contributed by atoms with Gasteiger partial charge in [-0.05, 0) is 44.2 Å². The molecule has 1 aliphatic heterocycles. The van der Waals surface area contributed by atoms with Crippen molar-refractivity contribution in [3.05, 3.63) is 47.8 Å². The van der Waals surface area contributed by atoms with Crippen molar-refractivity contribution in [3.63, 3.8) is 0 Å². The number of likely N-dealkylation sites (tertiary alicyclic amines) is 1. The van der Waals surface area contributed by atoms with Crippen LogP contribution in [0.15, 0.2) is 30.7 Å². The van der Waals surface area contributed by atoms with Crippen molar-refractivity contribution in [1.29, 1.82) is 0 Å². The summed E-state index contributed by atoms with van der Waals surface area (Å²) in [7, 11) is 0. The first-order valence-corrected chi connectivity index (χ1v) is 8.37. The molecule has 4 heteroatoms. The van der Waals surface area contributed by atoms with Crippen LogP contribution >= 0.6 is 0 Å². The fourth-order valence-electron chi connectivity index (χ4n) is 3.57. The Kier molecular flexibility index (Phi) is 3.49. The second-order valence-electron chi connectivity index (χ2n) is 6.93. The number of hydrogen-bond acceptors (Lipinski definition) is 3. The molecule has 2 aromatic rings. The molecule has 0 N–H and O–H groups in total. The van der Waals surface area contributed by atoms with Crippen LogP contribution in [-0.2, 0) is 6.54 Å². The van der Waals surface area contributed by atoms with Gasteiger partial charge in [-0.2, -0.15) is 0 Å². The van der Waals surface area contributed by atoms with E-state index in [0.717, 1.165) is 18.5 Å². The molecule has 1 saturated heterocycles. The van der Waals surface area contributed by atoms with Crippen LogP contribution in [0.5, 0.6) is 0 Å². The minimum absolute atomic E-state index is 0.589. The van der Waals surface area contributed by atoms with E-state index in [1.165, 1.54) is 43.0 Å². The number of aryl methyl sites for hydroxylation is 1. The average Bonchev–Trinajstić information content (AvgIpc) is 3.27. The van der Waals surface area contributed by atoms with Gasteiger partial charge in [-0.15, -0.1) is 0 Å². The molecule has 1 unspecified atom stereocenters. The molecule has 22 heavy (non-hydrogen) atoms. The van der Waals surface area contributed by atoms with Crippen LogP contribution in [0.3, 0.4) is 0 Å². The lowest BCUT2D eigenvalue weighted by Gasteiger charge is -2.43. The van der Waals surface area contributed by atoms with Crippen molar-refractivity contribution in [2.45, 2.75) is 45.2 Å². The molecule has 2 aromatic heterocycles. The highest BCUT2D eigenvalue weighted by Gasteiger charge is 2.40. The predicted octanol–water partition coefficient (Wildman–Crippen LogP) is 2.83. The number of hydrogen-bond donors (Lipinski definition) is 0. The van der Waals surface area contributed by atoms with E-state index in [2.05, 4.69) is 34.4 Å². The van der Waals surface area contributed by atoms with Gasteiger partial charge in [-0.25, -0.2) is 4.98 Å². The first-order chi connectivity index (χ1) is 10.7. The Hall–Kier alpha value is -1.68. The summed E-state index contributed by atoms with van der Waals surface area (Å²) in [6, 6.07) is 4.90. The average molecular weight is 296 g/mol. The first-order valence-electron chi connectivity index (χ1n) is 8.37. The van der Waals surface area contributed by atoms with Crippen LogP contribution in [0.25, 0.3) is 0 Å². The lowest BCUT2D eigenvalue weighted by molar-refractivity contribution is 0.0834. The maximum atomic E-state index is 4.70. The number of imidazole rings is 1. The molecule has 116 valence electrons. The van der Waals surface area contributed by atoms with Gasteiger partial charge in [0, 0.05) is 49.3 Å². The largest absolute Gasteiger partial charge is 0.328 e. The highest BCUT2D eigenvalue weighted by atomic mass is 15.2. The topological polar surface area (TPSA) is 34.0 Å². The summed E-state index contributed by atoms with van der Waals surface area (Å²) < 4.78 is 2.36. The van der Waals surface area contributed by atoms with Gasteiger partial charge < -0.3 is 4.57 Å². The van der Waals surface area contributed by atoms with Crippen molar-refractivity contribution >= 4 is 0 Å². The summed E-state index contributed by atoms with van der Waals surface area (Å²) in [4.78, 5) is 11.6. The van der Waals surface area contributed by atoms with Crippen LogP contribution in [0, 0.1) is 12.8 Å². The minimum atomic E-state index is 0.589. The van der Waals surface area contributed by atoms with Gasteiger partial charge in [-0.3, -0.25) is 9.88 Å². The van der Waals surface area contributed by atoms with Crippen LogP contribution in [-0.4, -0.2) is 38.6 Å². The first kappa shape index (κ1) is 13.9. The van der Waals surface area contributed by atoms with Crippen molar-refractivity contribution in [3.8, 4) is 0 Å². The van der Waals surface area contributed by atoms with E-state index in [-0.39, 0.29) is 0 Å². The Morgan fingerprint density at radius 1 is 1.27 bits per heavy atom. The Morgan fingerprint density at radius 2 is 2.09 bits per heavy atom. The summed E-state index contributed by atoms with van der Waals surface area (Å²) in [5, 5.41) is 0. The molecule has 3 heterocycles. The molecule has 0 radical (unpaired) electrons. The zero-order chi connectivity index (χ0) is 15.1. The molecule has 1 saturated carbocycles. The lowest BCUT2D eigenvalue weighted by atomic mass is 9.95. The van der Waals surface area contributed by atoms with Crippen molar-refractivity contribution < 1.29 is 0 Å². The van der Waals surface area contributed by atoms with E-state index in [0.29, 0.717) is 5.92 Å². The summed E-state index contributed by atoms with van der Waals surface area (Å²) in [5.74, 6) is 2.80. The Balaban J connectivity index is 1.47. The summed E-state index contributed by atoms with van der Waals surface area (Å²) in [5.41, 5.74) is 2.49. The molecule has 0 amide bonds. The van der Waals surface area contributed by atoms with Gasteiger partial charge in [0.05, 0.1) is 6.54 Å². The molecule has 0 spiro atoms. The van der Waals surface area contributed by atoms with Crippen LogP contribution in [0.2, 0.25) is 0 Å². The fourth-order valence-corrected chi connectivity index (χ4v) is 3.57. The fraction of sp³-hybridized carbons (Fsp3) is 0.556. The lowest BCUT2D eigenvalue weighted by Crippen LogP contribution is -2.51. The third kappa shape index (κ3) is 2.56. The highest BCUT2D eigenvalue weighted by Crippen LogP contribution is 2.39. The smallest absolute Gasteiger partial charge is 0.114 e. The number of aromatic nitrogens is 3. The van der Waals surface area contributed by atoms with Gasteiger partial charge >= 0.3 is 0 Å². The van der Waals surface area contributed by atoms with Gasteiger partial charge in [0.2, 0.25) is 0 Å². The number of rotatable bonds is 5. The van der Waals surface area contributed by atoms with E-state index in [4.69, 9.17) is 4.98 Å². The van der Waals surface area contributed by atoms with Crippen molar-refractivity contribution in [2.24, 2.45) is 5.92 Å². The van der Waals surface area contributed by atoms with E-state index >= 15 is 0 Å². The van der Waals surface area contributed by atoms with Crippen LogP contribution in [0.1, 0.15) is 42.8 Å². The third-order valence-electron chi connectivity index (χ3n) is 5.30. The second-order valence-corrected chi connectivity index (χ2v) is 6.93. The molecule has 1 atom stereocenters. The van der Waals surface area contributed by atoms with Gasteiger partial charge in [-0.1, -0.05) is 6.07 Å². The highest BCUT2D eigenvalue weighted by molar-refractivity contribution is 5.17. The van der Waals surface area contributed by atoms with Gasteiger partial charge in [0.1, 0.15) is 5.82 Å². The van der Waals surface area contributed by atoms with Crippen molar-refractivity contribution in [1.82, 2.24) is 19.4 Å². The van der Waals surface area contributed by atoms with Gasteiger partial charge in [0.25, 0.3) is 0 Å². The van der Waals surface area contributed by atoms with Gasteiger partial charge in [0.15, 0.2) is 0 Å². The maximum absolute atomic E-state index is 4.70. The molecule has 0 aromatic carbocycles. The quantitative estimate of drug-likeness (QED) is 0.851. The number of pyridine rings is 1. The zero-order valence-electron chi connectivity index (χ0n) is 13.4. The molecule has 4 nitrogen and oxygen atoms in total. The Labute approximate surface area is 132 Å². The summed E-state index contributed by atoms with van der Waals surface area (Å²) >= 11 is 0. The van der Waals surface area contributed by atoms with Crippen LogP contribution in [0.4, 0.5) is 0 Å². The molecule has 0 bridgehead atoms. The predicted molar refractivity (Wildman–Crippen MR) is 86.8 cm³/mol. The third-order valence-corrected chi connectivity index (χ3v) is 5.30. The van der Waals surface area contributed by atoms with Crippen LogP contribution < -0.4 is 0 Å². The Morgan fingerprint density at radius 3 is 2.77 bits per heavy atom. The SMILES string of the molecule is Cc1cnc(C2CN(C(C)C3CC3)C2)n1Cc1cccnc1. The van der Waals surface area contributed by atoms with E-state index in [9.17, 15) is 0 Å². The monoisotopic (exact) mass is 296 g/mol. The molecule has 2 aliphatic rings. The Bertz CT molecular complexity index is 638. The second kappa shape index (κ2) is 5.51. The molecule has 1 aliphatic carbocycles. The molecular formula is C18H24N4. The molecule has 4 rings (SSSR count). The molecular weight excluding hydrogens is 272 g/mol. The zero-order valence-corrected chi connectivity index (χ0v) is 13.4. The normalized spacial score (nSPS) is 20.8. The van der Waals surface area contributed by atoms with E-state index < -0.39 is 0 Å². The van der Waals surface area contributed by atoms with E-state index in [1.54, 1.807) is 0 Å². The minimum Gasteiger partial charge on any atom is -0.328 e. The molecule has 2 fully saturated rings. The summed E-state index contributed by atoms with van der Waals surface area (Å²) in [6.07, 6.45) is 8.65. The van der Waals surface area contributed by atoms with Crippen molar-refractivity contribution in [2.75, 3.05) is 13.1 Å². The van der Waals surface area contributed by atoms with E-state index in [1.807, 2.05) is 24.7 Å². The maximum Gasteiger partial charge on any atom is 0.114 e.